The van der Waals surface area contributed by atoms with E-state index in [1.54, 1.807) is 0 Å². The summed E-state index contributed by atoms with van der Waals surface area (Å²) in [5, 5.41) is 6.74. The molecule has 1 heterocycles. The largest absolute Gasteiger partial charge is 0.349 e. The van der Waals surface area contributed by atoms with Gasteiger partial charge in [0.2, 0.25) is 5.91 Å². The highest BCUT2D eigenvalue weighted by Crippen LogP contribution is 2.30. The minimum Gasteiger partial charge on any atom is -0.349 e. The number of carbonyl (C=O) groups excluding carboxylic acids is 1. The number of hydrogen-bond donors (Lipinski definition) is 2. The molecule has 0 radical (unpaired) electrons. The van der Waals surface area contributed by atoms with Gasteiger partial charge in [-0.2, -0.15) is 0 Å². The molecule has 0 spiro atoms. The van der Waals surface area contributed by atoms with Gasteiger partial charge in [-0.05, 0) is 68.2 Å². The van der Waals surface area contributed by atoms with Crippen molar-refractivity contribution in [2.75, 3.05) is 13.1 Å². The predicted octanol–water partition coefficient (Wildman–Crippen LogP) is 3.63. The van der Waals surface area contributed by atoms with Crippen molar-refractivity contribution in [3.8, 4) is 0 Å². The van der Waals surface area contributed by atoms with Crippen molar-refractivity contribution in [1.29, 1.82) is 0 Å². The van der Waals surface area contributed by atoms with Crippen molar-refractivity contribution in [2.45, 2.75) is 51.5 Å². The van der Waals surface area contributed by atoms with Gasteiger partial charge in [0.05, 0.1) is 6.04 Å². The highest BCUT2D eigenvalue weighted by molar-refractivity contribution is 5.85. The van der Waals surface area contributed by atoms with Gasteiger partial charge in [-0.3, -0.25) is 4.79 Å². The molecule has 1 fully saturated rings. The van der Waals surface area contributed by atoms with Gasteiger partial charge in [-0.15, -0.1) is 12.4 Å². The summed E-state index contributed by atoms with van der Waals surface area (Å²) in [6, 6.07) is 8.77. The second kappa shape index (κ2) is 8.70. The number of hydrogen-bond acceptors (Lipinski definition) is 2. The number of rotatable bonds is 4. The van der Waals surface area contributed by atoms with Crippen LogP contribution in [0.2, 0.25) is 0 Å². The minimum atomic E-state index is 0. The lowest BCUT2D eigenvalue weighted by Gasteiger charge is -2.30. The molecule has 128 valence electrons. The van der Waals surface area contributed by atoms with Gasteiger partial charge in [0.15, 0.2) is 0 Å². The van der Waals surface area contributed by atoms with Crippen molar-refractivity contribution < 1.29 is 4.79 Å². The summed E-state index contributed by atoms with van der Waals surface area (Å²) in [5.74, 6) is 1.34. The highest BCUT2D eigenvalue weighted by atomic mass is 35.5. The van der Waals surface area contributed by atoms with Crippen LogP contribution in [-0.4, -0.2) is 19.0 Å². The molecule has 0 aromatic heterocycles. The maximum Gasteiger partial charge on any atom is 0.220 e. The first kappa shape index (κ1) is 18.3. The van der Waals surface area contributed by atoms with E-state index in [4.69, 9.17) is 0 Å². The van der Waals surface area contributed by atoms with Crippen LogP contribution in [0.5, 0.6) is 0 Å². The van der Waals surface area contributed by atoms with Crippen molar-refractivity contribution in [1.82, 2.24) is 10.6 Å². The monoisotopic (exact) mass is 336 g/mol. The average molecular weight is 337 g/mol. The molecule has 1 aromatic rings. The standard InChI is InChI=1S/C19H28N2O.ClH/c1-14(16-8-5-11-20-13-16)12-19(22)21-18-10-4-7-15-6-2-3-9-17(15)18;/h2-3,6,9,14,16,18,20H,4-5,7-8,10-13H2,1H3,(H,21,22);1H. The smallest absolute Gasteiger partial charge is 0.220 e. The Labute approximate surface area is 146 Å². The number of piperidine rings is 1. The number of halogens is 1. The molecular formula is C19H29ClN2O. The maximum atomic E-state index is 12.4. The van der Waals surface area contributed by atoms with Crippen molar-refractivity contribution in [3.05, 3.63) is 35.4 Å². The van der Waals surface area contributed by atoms with Crippen LogP contribution in [0.1, 0.15) is 56.2 Å². The molecule has 3 rings (SSSR count). The minimum absolute atomic E-state index is 0. The van der Waals surface area contributed by atoms with Gasteiger partial charge in [0.1, 0.15) is 0 Å². The summed E-state index contributed by atoms with van der Waals surface area (Å²) in [6.07, 6.45) is 6.55. The van der Waals surface area contributed by atoms with Crippen LogP contribution in [0.15, 0.2) is 24.3 Å². The highest BCUT2D eigenvalue weighted by Gasteiger charge is 2.25. The lowest BCUT2D eigenvalue weighted by Crippen LogP contribution is -2.37. The Kier molecular flexibility index (Phi) is 6.91. The van der Waals surface area contributed by atoms with E-state index in [-0.39, 0.29) is 24.4 Å². The lowest BCUT2D eigenvalue weighted by atomic mass is 9.84. The number of fused-ring (bicyclic) bond motifs is 1. The first-order valence-electron chi connectivity index (χ1n) is 8.82. The van der Waals surface area contributed by atoms with E-state index in [1.807, 2.05) is 0 Å². The third-order valence-electron chi connectivity index (χ3n) is 5.35. The number of amides is 1. The molecular weight excluding hydrogens is 308 g/mol. The van der Waals surface area contributed by atoms with Crippen molar-refractivity contribution in [3.63, 3.8) is 0 Å². The van der Waals surface area contributed by atoms with Gasteiger partial charge in [0, 0.05) is 6.42 Å². The summed E-state index contributed by atoms with van der Waals surface area (Å²) in [4.78, 5) is 12.4. The summed E-state index contributed by atoms with van der Waals surface area (Å²) >= 11 is 0. The second-order valence-electron chi connectivity index (χ2n) is 7.00. The van der Waals surface area contributed by atoms with E-state index >= 15 is 0 Å². The van der Waals surface area contributed by atoms with Gasteiger partial charge >= 0.3 is 0 Å². The van der Waals surface area contributed by atoms with Crippen LogP contribution < -0.4 is 10.6 Å². The Morgan fingerprint density at radius 3 is 2.91 bits per heavy atom. The molecule has 2 aliphatic rings. The number of carbonyl (C=O) groups is 1. The summed E-state index contributed by atoms with van der Waals surface area (Å²) < 4.78 is 0. The number of aryl methyl sites for hydroxylation is 1. The predicted molar refractivity (Wildman–Crippen MR) is 96.9 cm³/mol. The van der Waals surface area contributed by atoms with Crippen LogP contribution in [0, 0.1) is 11.8 Å². The molecule has 0 bridgehead atoms. The quantitative estimate of drug-likeness (QED) is 0.881. The number of benzene rings is 1. The molecule has 2 N–H and O–H groups in total. The van der Waals surface area contributed by atoms with Gasteiger partial charge in [0.25, 0.3) is 0 Å². The lowest BCUT2D eigenvalue weighted by molar-refractivity contribution is -0.123. The molecule has 1 amide bonds. The van der Waals surface area contributed by atoms with Crippen LogP contribution in [-0.2, 0) is 11.2 Å². The van der Waals surface area contributed by atoms with E-state index in [9.17, 15) is 4.79 Å². The zero-order chi connectivity index (χ0) is 15.4. The maximum absolute atomic E-state index is 12.4. The molecule has 3 unspecified atom stereocenters. The van der Waals surface area contributed by atoms with E-state index < -0.39 is 0 Å². The number of nitrogens with one attached hydrogen (secondary N) is 2. The van der Waals surface area contributed by atoms with Crippen LogP contribution in [0.25, 0.3) is 0 Å². The second-order valence-corrected chi connectivity index (χ2v) is 7.00. The summed E-state index contributed by atoms with van der Waals surface area (Å²) in [5.41, 5.74) is 2.73. The third-order valence-corrected chi connectivity index (χ3v) is 5.35. The molecule has 1 aliphatic heterocycles. The summed E-state index contributed by atoms with van der Waals surface area (Å²) in [6.45, 7) is 4.43. The van der Waals surface area contributed by atoms with E-state index in [0.717, 1.165) is 25.9 Å². The van der Waals surface area contributed by atoms with E-state index in [1.165, 1.54) is 30.4 Å². The fraction of sp³-hybridized carbons (Fsp3) is 0.632. The molecule has 23 heavy (non-hydrogen) atoms. The Morgan fingerprint density at radius 2 is 2.13 bits per heavy atom. The molecule has 4 heteroatoms. The normalized spacial score (nSPS) is 24.9. The Hall–Kier alpha value is -1.06. The average Bonchev–Trinajstić information content (AvgIpc) is 2.56. The Bertz CT molecular complexity index is 514. The van der Waals surface area contributed by atoms with Crippen molar-refractivity contribution >= 4 is 18.3 Å². The van der Waals surface area contributed by atoms with Gasteiger partial charge in [-0.25, -0.2) is 0 Å². The fourth-order valence-electron chi connectivity index (χ4n) is 3.98. The first-order valence-corrected chi connectivity index (χ1v) is 8.82. The molecule has 1 aromatic carbocycles. The fourth-order valence-corrected chi connectivity index (χ4v) is 3.98. The molecule has 3 nitrogen and oxygen atoms in total. The SMILES string of the molecule is CC(CC(=O)NC1CCCc2ccccc21)C1CCCNC1.Cl. The van der Waals surface area contributed by atoms with Gasteiger partial charge in [-0.1, -0.05) is 31.2 Å². The van der Waals surface area contributed by atoms with Crippen LogP contribution >= 0.6 is 12.4 Å². The van der Waals surface area contributed by atoms with E-state index in [0.29, 0.717) is 18.3 Å². The molecule has 1 saturated heterocycles. The van der Waals surface area contributed by atoms with Crippen LogP contribution in [0.4, 0.5) is 0 Å². The third kappa shape index (κ3) is 4.71. The van der Waals surface area contributed by atoms with Crippen LogP contribution in [0.3, 0.4) is 0 Å². The summed E-state index contributed by atoms with van der Waals surface area (Å²) in [7, 11) is 0. The molecule has 0 saturated carbocycles. The Morgan fingerprint density at radius 1 is 1.30 bits per heavy atom. The molecule has 1 aliphatic carbocycles. The van der Waals surface area contributed by atoms with Gasteiger partial charge < -0.3 is 10.6 Å². The van der Waals surface area contributed by atoms with E-state index in [2.05, 4.69) is 41.8 Å². The molecule has 3 atom stereocenters. The Balaban J connectivity index is 0.00000192. The zero-order valence-electron chi connectivity index (χ0n) is 14.0. The zero-order valence-corrected chi connectivity index (χ0v) is 14.8. The first-order chi connectivity index (χ1) is 10.7. The topological polar surface area (TPSA) is 41.1 Å². The van der Waals surface area contributed by atoms with Crippen molar-refractivity contribution in [2.24, 2.45) is 11.8 Å².